The predicted octanol–water partition coefficient (Wildman–Crippen LogP) is 3.43. The third-order valence-corrected chi connectivity index (χ3v) is 16.7. The number of carbonyl (C=O) groups excluding carboxylic acids is 4. The first kappa shape index (κ1) is 63.3. The number of hydrogen-bond donors (Lipinski definition) is 5. The standard InChI is InChI=1S/C56H78N12O12S2/c1-40(43-8-10-44(11-9-43)51-41(2)59-39-81-51)60-53(71)49-33-47(69)37-68(49)54(72)52(56(3,4)5)62-50(70)38-80-32-31-79-30-29-78-28-27-77-26-25-76-24-23-66-36-46(63-64-66)16-18-65-19-21-67(22-20-65)82(74,75)48-14-12-45(13-15-48)61-55(73)58-35-42-7-6-17-57-34-42/h6-15,17,34,36,39-40,47,49,52,69H,16,18-33,35,37-38H2,1-5H3,(H,60,71)(H,62,70)(H2,58,61,73)/t40-,47+,49-,52+/m0/s1. The van der Waals surface area contributed by atoms with Crippen LogP contribution in [0.5, 0.6) is 0 Å². The number of amides is 5. The maximum absolute atomic E-state index is 14.0. The molecule has 26 heteroatoms. The first-order valence-corrected chi connectivity index (χ1v) is 29.9. The van der Waals surface area contributed by atoms with Crippen molar-refractivity contribution in [1.29, 1.82) is 0 Å². The zero-order chi connectivity index (χ0) is 58.5. The summed E-state index contributed by atoms with van der Waals surface area (Å²) in [6.45, 7) is 15.4. The fourth-order valence-electron chi connectivity index (χ4n) is 9.17. The van der Waals surface area contributed by atoms with E-state index in [0.717, 1.165) is 39.5 Å². The molecule has 5 heterocycles. The number of carbonyl (C=O) groups is 4. The lowest BCUT2D eigenvalue weighted by molar-refractivity contribution is -0.144. The molecule has 2 aliphatic heterocycles. The molecule has 0 radical (unpaired) electrons. The molecular weight excluding hydrogens is 1100 g/mol. The molecule has 446 valence electrons. The topological polar surface area (TPSA) is 283 Å². The van der Waals surface area contributed by atoms with Crippen molar-refractivity contribution in [2.24, 2.45) is 5.41 Å². The number of aryl methyl sites for hydroxylation is 1. The van der Waals surface area contributed by atoms with Gasteiger partial charge in [-0.05, 0) is 66.3 Å². The fraction of sp³-hybridized carbons (Fsp3) is 0.536. The second-order valence-corrected chi connectivity index (χ2v) is 23.8. The second-order valence-electron chi connectivity index (χ2n) is 21.0. The Morgan fingerprint density at radius 2 is 1.49 bits per heavy atom. The van der Waals surface area contributed by atoms with Crippen LogP contribution < -0.4 is 21.3 Å². The van der Waals surface area contributed by atoms with E-state index < -0.39 is 51.5 Å². The Kier molecular flexibility index (Phi) is 24.2. The van der Waals surface area contributed by atoms with Gasteiger partial charge in [-0.3, -0.25) is 19.4 Å². The van der Waals surface area contributed by atoms with Crippen LogP contribution in [0.4, 0.5) is 10.5 Å². The summed E-state index contributed by atoms with van der Waals surface area (Å²) in [5, 5.41) is 30.4. The van der Waals surface area contributed by atoms with Gasteiger partial charge in [0.15, 0.2) is 0 Å². The van der Waals surface area contributed by atoms with Crippen molar-refractivity contribution < 1.29 is 56.4 Å². The summed E-state index contributed by atoms with van der Waals surface area (Å²) in [7, 11) is -3.70. The number of β-amino-alcohol motifs (C(OH)–C–C–N with tert-alkyl or cyclic N) is 1. The van der Waals surface area contributed by atoms with Crippen molar-refractivity contribution in [2.75, 3.05) is 111 Å². The number of ether oxygens (including phenoxy) is 5. The van der Waals surface area contributed by atoms with Crippen LogP contribution in [0, 0.1) is 12.3 Å². The molecule has 2 aliphatic rings. The van der Waals surface area contributed by atoms with Crippen molar-refractivity contribution in [3.63, 3.8) is 0 Å². The van der Waals surface area contributed by atoms with Crippen molar-refractivity contribution in [2.45, 2.75) is 89.7 Å². The Bertz CT molecular complexity index is 2900. The van der Waals surface area contributed by atoms with E-state index in [2.05, 4.69) is 46.4 Å². The van der Waals surface area contributed by atoms with Gasteiger partial charge in [-0.15, -0.1) is 16.4 Å². The summed E-state index contributed by atoms with van der Waals surface area (Å²) in [4.78, 5) is 66.2. The van der Waals surface area contributed by atoms with E-state index in [0.29, 0.717) is 97.6 Å². The highest BCUT2D eigenvalue weighted by Crippen LogP contribution is 2.30. The molecule has 24 nitrogen and oxygen atoms in total. The Hall–Kier alpha value is -6.33. The van der Waals surface area contributed by atoms with Crippen molar-refractivity contribution in [3.8, 4) is 10.4 Å². The van der Waals surface area contributed by atoms with Gasteiger partial charge in [-0.25, -0.2) is 22.9 Å². The normalized spacial score (nSPS) is 16.9. The molecule has 2 saturated heterocycles. The quantitative estimate of drug-likeness (QED) is 0.0398. The van der Waals surface area contributed by atoms with Gasteiger partial charge < -0.3 is 59.9 Å². The van der Waals surface area contributed by atoms with E-state index in [-0.39, 0.29) is 49.6 Å². The minimum absolute atomic E-state index is 0.0306. The van der Waals surface area contributed by atoms with Gasteiger partial charge >= 0.3 is 6.03 Å². The van der Waals surface area contributed by atoms with Crippen LogP contribution in [-0.4, -0.2) is 200 Å². The molecule has 4 atom stereocenters. The fourth-order valence-corrected chi connectivity index (χ4v) is 11.4. The minimum Gasteiger partial charge on any atom is -0.391 e. The molecule has 2 aromatic carbocycles. The highest BCUT2D eigenvalue weighted by Gasteiger charge is 2.45. The van der Waals surface area contributed by atoms with Crippen LogP contribution in [-0.2, 0) is 67.6 Å². The predicted molar refractivity (Wildman–Crippen MR) is 306 cm³/mol. The van der Waals surface area contributed by atoms with Gasteiger partial charge in [0.1, 0.15) is 18.7 Å². The molecule has 0 saturated carbocycles. The van der Waals surface area contributed by atoms with Crippen LogP contribution in [0.2, 0.25) is 0 Å². The summed E-state index contributed by atoms with van der Waals surface area (Å²) in [6.07, 6.45) is 5.08. The monoisotopic (exact) mass is 1170 g/mol. The third-order valence-electron chi connectivity index (χ3n) is 13.8. The van der Waals surface area contributed by atoms with Gasteiger partial charge in [0.2, 0.25) is 27.7 Å². The van der Waals surface area contributed by atoms with Crippen LogP contribution in [0.15, 0.2) is 89.7 Å². The SMILES string of the molecule is Cc1ncsc1-c1ccc([C@H](C)NC(=O)[C@@H]2C[C@@H](O)CN2C(=O)[C@@H](NC(=O)COCCOCCOCCOCCOCCn2cc(CCN3CCN(S(=O)(=O)c4ccc(NC(=O)NCc5cccnc5)cc4)CC3)nn2)C(C)(C)C)cc1. The molecule has 0 unspecified atom stereocenters. The molecule has 2 fully saturated rings. The number of piperazine rings is 1. The van der Waals surface area contributed by atoms with Crippen molar-refractivity contribution >= 4 is 50.8 Å². The molecule has 0 bridgehead atoms. The molecule has 5 N–H and O–H groups in total. The smallest absolute Gasteiger partial charge is 0.319 e. The van der Waals surface area contributed by atoms with Gasteiger partial charge in [-0.1, -0.05) is 56.3 Å². The largest absolute Gasteiger partial charge is 0.391 e. The Morgan fingerprint density at radius 1 is 0.829 bits per heavy atom. The first-order chi connectivity index (χ1) is 39.4. The summed E-state index contributed by atoms with van der Waals surface area (Å²) in [6, 6.07) is 15.0. The van der Waals surface area contributed by atoms with Crippen LogP contribution in [0.3, 0.4) is 0 Å². The minimum atomic E-state index is -3.70. The summed E-state index contributed by atoms with van der Waals surface area (Å²) < 4.78 is 58.0. The van der Waals surface area contributed by atoms with E-state index in [4.69, 9.17) is 23.7 Å². The number of sulfonamides is 1. The molecule has 3 aromatic heterocycles. The lowest BCUT2D eigenvalue weighted by atomic mass is 9.85. The first-order valence-electron chi connectivity index (χ1n) is 27.6. The number of thiazole rings is 1. The number of aromatic nitrogens is 5. The molecule has 0 aliphatic carbocycles. The summed E-state index contributed by atoms with van der Waals surface area (Å²) >= 11 is 1.57. The average Bonchev–Trinajstić information content (AvgIpc) is 4.40. The molecule has 0 spiro atoms. The van der Waals surface area contributed by atoms with E-state index in [1.807, 2.05) is 76.7 Å². The summed E-state index contributed by atoms with van der Waals surface area (Å²) in [5.41, 5.74) is 6.16. The third kappa shape index (κ3) is 19.4. The number of rotatable bonds is 31. The van der Waals surface area contributed by atoms with Crippen LogP contribution in [0.25, 0.3) is 10.4 Å². The van der Waals surface area contributed by atoms with E-state index >= 15 is 0 Å². The number of aliphatic hydroxyl groups excluding tert-OH is 1. The molecule has 82 heavy (non-hydrogen) atoms. The highest BCUT2D eigenvalue weighted by molar-refractivity contribution is 7.89. The zero-order valence-corrected chi connectivity index (χ0v) is 49.0. The van der Waals surface area contributed by atoms with Gasteiger partial charge in [0, 0.05) is 82.9 Å². The maximum Gasteiger partial charge on any atom is 0.319 e. The van der Waals surface area contributed by atoms with Crippen LogP contribution >= 0.6 is 11.3 Å². The van der Waals surface area contributed by atoms with E-state index in [1.54, 1.807) is 46.6 Å². The number of anilines is 1. The number of hydrogen-bond acceptors (Lipinski definition) is 18. The number of nitrogens with zero attached hydrogens (tertiary/aromatic N) is 8. The number of nitrogens with one attached hydrogen (secondary N) is 4. The number of likely N-dealkylation sites (tertiary alicyclic amines) is 1. The Balaban J connectivity index is 0.668. The van der Waals surface area contributed by atoms with Gasteiger partial charge in [0.05, 0.1) is 105 Å². The average molecular weight is 1180 g/mol. The Morgan fingerprint density at radius 3 is 2.11 bits per heavy atom. The van der Waals surface area contributed by atoms with E-state index in [1.165, 1.54) is 21.3 Å². The number of urea groups is 1. The van der Waals surface area contributed by atoms with Crippen LogP contribution in [0.1, 0.15) is 62.7 Å². The summed E-state index contributed by atoms with van der Waals surface area (Å²) in [5.74, 6) is -1.33. The van der Waals surface area contributed by atoms with Gasteiger partial charge in [0.25, 0.3) is 0 Å². The maximum atomic E-state index is 14.0. The Labute approximate surface area is 483 Å². The molecule has 5 amide bonds. The lowest BCUT2D eigenvalue weighted by Crippen LogP contribution is -2.58. The molecule has 7 rings (SSSR count). The number of benzene rings is 2. The molecule has 5 aromatic rings. The highest BCUT2D eigenvalue weighted by atomic mass is 32.2. The number of pyridine rings is 1. The van der Waals surface area contributed by atoms with Crippen molar-refractivity contribution in [1.82, 2.24) is 55.0 Å². The van der Waals surface area contributed by atoms with Crippen molar-refractivity contribution in [3.05, 3.63) is 107 Å². The number of aliphatic hydroxyl groups is 1. The molecular formula is C56H78N12O12S2. The lowest BCUT2D eigenvalue weighted by Gasteiger charge is -2.35. The van der Waals surface area contributed by atoms with E-state index in [9.17, 15) is 32.7 Å². The second kappa shape index (κ2) is 31.4. The zero-order valence-electron chi connectivity index (χ0n) is 47.4. The van der Waals surface area contributed by atoms with Gasteiger partial charge in [-0.2, -0.15) is 4.31 Å².